The summed E-state index contributed by atoms with van der Waals surface area (Å²) < 4.78 is 5.31. The summed E-state index contributed by atoms with van der Waals surface area (Å²) in [5, 5.41) is 9.02. The first kappa shape index (κ1) is 15.5. The molecule has 0 saturated carbocycles. The quantitative estimate of drug-likeness (QED) is 0.900. The lowest BCUT2D eigenvalue weighted by Crippen LogP contribution is -2.37. The van der Waals surface area contributed by atoms with Gasteiger partial charge in [0.2, 0.25) is 0 Å². The number of carbonyl (C=O) groups is 2. The number of benzene rings is 1. The van der Waals surface area contributed by atoms with E-state index in [1.807, 2.05) is 25.1 Å². The molecule has 1 aliphatic heterocycles. The predicted molar refractivity (Wildman–Crippen MR) is 78.3 cm³/mol. The average molecular weight is 291 g/mol. The van der Waals surface area contributed by atoms with Gasteiger partial charge in [-0.15, -0.1) is 0 Å². The number of carboxylic acid groups (broad SMARTS) is 1. The van der Waals surface area contributed by atoms with Gasteiger partial charge in [-0.1, -0.05) is 25.1 Å². The molecular formula is C16H21NO4. The molecule has 1 aliphatic rings. The van der Waals surface area contributed by atoms with Crippen LogP contribution in [0, 0.1) is 0 Å². The van der Waals surface area contributed by atoms with Gasteiger partial charge in [0.25, 0.3) is 5.91 Å². The van der Waals surface area contributed by atoms with Crippen LogP contribution in [-0.4, -0.2) is 47.7 Å². The van der Waals surface area contributed by atoms with E-state index in [9.17, 15) is 9.59 Å². The fourth-order valence-corrected chi connectivity index (χ4v) is 2.88. The minimum Gasteiger partial charge on any atom is -0.481 e. The smallest absolute Gasteiger partial charge is 0.305 e. The molecule has 0 radical (unpaired) electrons. The number of amides is 1. The number of methoxy groups -OCH3 is 1. The van der Waals surface area contributed by atoms with Crippen LogP contribution in [0.25, 0.3) is 0 Å². The van der Waals surface area contributed by atoms with E-state index < -0.39 is 5.97 Å². The number of hydrogen-bond donors (Lipinski definition) is 1. The molecule has 5 heteroatoms. The third-order valence-electron chi connectivity index (χ3n) is 4.01. The van der Waals surface area contributed by atoms with Gasteiger partial charge in [-0.05, 0) is 24.5 Å². The van der Waals surface area contributed by atoms with Crippen LogP contribution in [0.5, 0.6) is 0 Å². The van der Waals surface area contributed by atoms with Gasteiger partial charge < -0.3 is 14.7 Å². The number of ether oxygens (including phenoxy) is 1. The van der Waals surface area contributed by atoms with E-state index >= 15 is 0 Å². The van der Waals surface area contributed by atoms with Crippen LogP contribution in [0.3, 0.4) is 0 Å². The van der Waals surface area contributed by atoms with E-state index in [1.54, 1.807) is 18.1 Å². The zero-order valence-corrected chi connectivity index (χ0v) is 12.4. The van der Waals surface area contributed by atoms with Crippen molar-refractivity contribution in [2.45, 2.75) is 38.3 Å². The molecule has 5 nitrogen and oxygen atoms in total. The fraction of sp³-hybridized carbons (Fsp3) is 0.500. The van der Waals surface area contributed by atoms with E-state index in [0.29, 0.717) is 18.5 Å². The zero-order valence-electron chi connectivity index (χ0n) is 12.4. The minimum absolute atomic E-state index is 0.0418. The molecule has 21 heavy (non-hydrogen) atoms. The van der Waals surface area contributed by atoms with Crippen molar-refractivity contribution < 1.29 is 19.4 Å². The van der Waals surface area contributed by atoms with E-state index in [0.717, 1.165) is 12.0 Å². The second kappa shape index (κ2) is 6.72. The molecule has 2 atom stereocenters. The molecule has 1 N–H and O–H groups in total. The second-order valence-corrected chi connectivity index (χ2v) is 5.31. The molecule has 0 aromatic heterocycles. The van der Waals surface area contributed by atoms with Crippen LogP contribution in [0.1, 0.15) is 35.7 Å². The lowest BCUT2D eigenvalue weighted by molar-refractivity contribution is -0.137. The highest BCUT2D eigenvalue weighted by molar-refractivity contribution is 5.96. The summed E-state index contributed by atoms with van der Waals surface area (Å²) >= 11 is 0. The predicted octanol–water partition coefficient (Wildman–Crippen LogP) is 1.95. The third kappa shape index (κ3) is 3.42. The van der Waals surface area contributed by atoms with Crippen LogP contribution in [0.4, 0.5) is 0 Å². The number of likely N-dealkylation sites (tertiary alicyclic amines) is 1. The maximum absolute atomic E-state index is 12.8. The molecule has 1 aromatic rings. The van der Waals surface area contributed by atoms with Crippen molar-refractivity contribution >= 4 is 11.9 Å². The molecule has 114 valence electrons. The van der Waals surface area contributed by atoms with Gasteiger partial charge in [0, 0.05) is 25.3 Å². The number of hydrogen-bond acceptors (Lipinski definition) is 3. The van der Waals surface area contributed by atoms with E-state index in [2.05, 4.69) is 0 Å². The third-order valence-corrected chi connectivity index (χ3v) is 4.01. The average Bonchev–Trinajstić information content (AvgIpc) is 2.88. The van der Waals surface area contributed by atoms with Crippen molar-refractivity contribution in [1.82, 2.24) is 4.90 Å². The highest BCUT2D eigenvalue weighted by atomic mass is 16.5. The summed E-state index contributed by atoms with van der Waals surface area (Å²) in [6, 6.07) is 7.18. The summed E-state index contributed by atoms with van der Waals surface area (Å²) in [7, 11) is 1.59. The van der Waals surface area contributed by atoms with Crippen LogP contribution in [0.2, 0.25) is 0 Å². The first-order valence-corrected chi connectivity index (χ1v) is 7.20. The molecule has 0 bridgehead atoms. The molecular weight excluding hydrogens is 270 g/mol. The Bertz CT molecular complexity index is 529. The van der Waals surface area contributed by atoms with Crippen LogP contribution in [0.15, 0.2) is 24.3 Å². The van der Waals surface area contributed by atoms with E-state index in [1.165, 1.54) is 0 Å². The van der Waals surface area contributed by atoms with Gasteiger partial charge in [0.1, 0.15) is 0 Å². The number of rotatable bonds is 5. The summed E-state index contributed by atoms with van der Waals surface area (Å²) in [6.07, 6.45) is 1.21. The highest BCUT2D eigenvalue weighted by Gasteiger charge is 2.37. The van der Waals surface area contributed by atoms with Crippen LogP contribution < -0.4 is 0 Å². The van der Waals surface area contributed by atoms with Crippen molar-refractivity contribution in [3.05, 3.63) is 35.4 Å². The van der Waals surface area contributed by atoms with Gasteiger partial charge in [-0.25, -0.2) is 0 Å². The Kier molecular flexibility index (Phi) is 4.96. The molecule has 2 unspecified atom stereocenters. The summed E-state index contributed by atoms with van der Waals surface area (Å²) in [4.78, 5) is 25.4. The number of carboxylic acids is 1. The molecule has 1 amide bonds. The molecule has 2 rings (SSSR count). The largest absolute Gasteiger partial charge is 0.481 e. The number of carbonyl (C=O) groups excluding carboxylic acids is 1. The zero-order chi connectivity index (χ0) is 15.4. The molecule has 1 aromatic carbocycles. The standard InChI is InChI=1S/C16H21NO4/c1-3-11-6-4-5-7-14(11)16(20)17-10-13(21-2)8-12(17)9-15(18)19/h4-7,12-13H,3,8-10H2,1-2H3,(H,18,19). The van der Waals surface area contributed by atoms with Crippen molar-refractivity contribution in [3.63, 3.8) is 0 Å². The molecule has 1 saturated heterocycles. The Balaban J connectivity index is 2.24. The van der Waals surface area contributed by atoms with Crippen LogP contribution >= 0.6 is 0 Å². The number of nitrogens with zero attached hydrogens (tertiary/aromatic N) is 1. The van der Waals surface area contributed by atoms with Gasteiger partial charge in [-0.3, -0.25) is 9.59 Å². The van der Waals surface area contributed by atoms with E-state index in [-0.39, 0.29) is 24.5 Å². The highest BCUT2D eigenvalue weighted by Crippen LogP contribution is 2.25. The van der Waals surface area contributed by atoms with Gasteiger partial charge in [0.05, 0.1) is 12.5 Å². The Morgan fingerprint density at radius 1 is 1.38 bits per heavy atom. The topological polar surface area (TPSA) is 66.8 Å². The maximum Gasteiger partial charge on any atom is 0.305 e. The second-order valence-electron chi connectivity index (χ2n) is 5.31. The van der Waals surface area contributed by atoms with Crippen molar-refractivity contribution in [2.75, 3.05) is 13.7 Å². The lowest BCUT2D eigenvalue weighted by Gasteiger charge is -2.24. The van der Waals surface area contributed by atoms with Gasteiger partial charge >= 0.3 is 5.97 Å². The Morgan fingerprint density at radius 3 is 2.71 bits per heavy atom. The summed E-state index contributed by atoms with van der Waals surface area (Å²) in [6.45, 7) is 2.45. The summed E-state index contributed by atoms with van der Waals surface area (Å²) in [5.74, 6) is -0.989. The monoisotopic (exact) mass is 291 g/mol. The molecule has 1 heterocycles. The Labute approximate surface area is 124 Å². The van der Waals surface area contributed by atoms with E-state index in [4.69, 9.17) is 9.84 Å². The first-order valence-electron chi connectivity index (χ1n) is 7.20. The number of aliphatic carboxylic acids is 1. The number of aryl methyl sites for hydroxylation is 1. The minimum atomic E-state index is -0.890. The van der Waals surface area contributed by atoms with Gasteiger partial charge in [-0.2, -0.15) is 0 Å². The molecule has 0 aliphatic carbocycles. The molecule has 0 spiro atoms. The normalized spacial score (nSPS) is 21.5. The molecule has 1 fully saturated rings. The van der Waals surface area contributed by atoms with Crippen LogP contribution in [-0.2, 0) is 16.0 Å². The lowest BCUT2D eigenvalue weighted by atomic mass is 10.0. The summed E-state index contributed by atoms with van der Waals surface area (Å²) in [5.41, 5.74) is 1.64. The Hall–Kier alpha value is -1.88. The van der Waals surface area contributed by atoms with Crippen molar-refractivity contribution in [2.24, 2.45) is 0 Å². The Morgan fingerprint density at radius 2 is 2.10 bits per heavy atom. The first-order chi connectivity index (χ1) is 10.1. The maximum atomic E-state index is 12.8. The SMILES string of the molecule is CCc1ccccc1C(=O)N1CC(OC)CC1CC(=O)O. The van der Waals surface area contributed by atoms with Gasteiger partial charge in [0.15, 0.2) is 0 Å². The van der Waals surface area contributed by atoms with Crippen molar-refractivity contribution in [1.29, 1.82) is 0 Å². The fourth-order valence-electron chi connectivity index (χ4n) is 2.88. The van der Waals surface area contributed by atoms with Crippen molar-refractivity contribution in [3.8, 4) is 0 Å².